The summed E-state index contributed by atoms with van der Waals surface area (Å²) in [5, 5.41) is 54.0. The standard InChI is InChI=1S/2C5H10O3.C4H8O3.2CH2O3.CH4O.4K.2H/c2*1-4(6)3-5(7)8-2;1-3(5)2-4(6)7;2*2-1-4-3;1-2;;;;;;/h2*4,6H,3H2,1-2H3;3,5H,2H2,1H3,(H,6,7);2*1,3H;2H,1H3;;;;;;/q;;;;;;4*+1;2*-1/p-2/t2*4-;3-;;;;;;;;;/m111........./s1/i2D3,3D2;;2D2;;;1D3,2D;;;;;;. The third-order valence-electron chi connectivity index (χ3n) is 1.52. The molecule has 0 fully saturated rings. The average Bonchev–Trinajstić information content (AvgIpc) is 2.87. The number of carbonyl (C=O) groups excluding carboxylic acids is 4. The fraction of sp³-hybridized carbons (Fsp3) is 0.706. The van der Waals surface area contributed by atoms with Gasteiger partial charge < -0.3 is 58.2 Å². The van der Waals surface area contributed by atoms with Gasteiger partial charge in [-0.05, 0) is 20.8 Å². The van der Waals surface area contributed by atoms with Gasteiger partial charge in [0.05, 0.1) is 59.9 Å². The van der Waals surface area contributed by atoms with E-state index in [0.29, 0.717) is 0 Å². The molecule has 0 saturated heterocycles. The molecule has 5 N–H and O–H groups in total. The summed E-state index contributed by atoms with van der Waals surface area (Å²) in [5.41, 5.74) is 0. The van der Waals surface area contributed by atoms with Gasteiger partial charge in [-0.15, -0.1) is 0 Å². The first-order chi connectivity index (χ1) is 19.5. The van der Waals surface area contributed by atoms with Gasteiger partial charge in [0.1, 0.15) is 0 Å². The Bertz CT molecular complexity index is 789. The summed E-state index contributed by atoms with van der Waals surface area (Å²) in [4.78, 5) is 53.5. The van der Waals surface area contributed by atoms with Gasteiger partial charge >= 0.3 is 223 Å². The molecule has 0 spiro atoms. The number of methoxy groups -OCH3 is 2. The number of hydrogen-bond acceptors (Lipinski definition) is 15. The minimum Gasteiger partial charge on any atom is -1.00 e. The largest absolute Gasteiger partial charge is 1.00 e. The second-order valence-electron chi connectivity index (χ2n) is 4.35. The van der Waals surface area contributed by atoms with Crippen LogP contribution in [-0.2, 0) is 43.2 Å². The van der Waals surface area contributed by atoms with Crippen molar-refractivity contribution >= 4 is 30.9 Å². The van der Waals surface area contributed by atoms with Crippen molar-refractivity contribution in [3.8, 4) is 0 Å². The molecule has 0 saturated carbocycles. The summed E-state index contributed by atoms with van der Waals surface area (Å²) in [7, 11) is -4.23. The molecule has 37 heavy (non-hydrogen) atoms. The Morgan fingerprint density at radius 3 is 1.35 bits per heavy atom. The molecule has 0 aliphatic carbocycles. The van der Waals surface area contributed by atoms with Crippen molar-refractivity contribution in [1.82, 2.24) is 0 Å². The number of esters is 2. The zero-order chi connectivity index (χ0) is 37.1. The molecule has 0 aromatic heterocycles. The van der Waals surface area contributed by atoms with E-state index < -0.39 is 57.1 Å². The summed E-state index contributed by atoms with van der Waals surface area (Å²) in [5.74, 6) is -3.61. The maximum Gasteiger partial charge on any atom is 1.00 e. The summed E-state index contributed by atoms with van der Waals surface area (Å²) in [6.45, 7) is 3.30. The fourth-order valence-corrected chi connectivity index (χ4v) is 0.703. The number of carboxylic acid groups (broad SMARTS) is 1. The van der Waals surface area contributed by atoms with E-state index in [9.17, 15) is 14.4 Å². The molecule has 0 amide bonds. The van der Waals surface area contributed by atoms with E-state index in [0.717, 1.165) is 13.8 Å². The average molecular weight is 664 g/mol. The first-order valence-electron chi connectivity index (χ1n) is 13.1. The van der Waals surface area contributed by atoms with Gasteiger partial charge in [0.15, 0.2) is 0 Å². The molecule has 204 valence electrons. The van der Waals surface area contributed by atoms with E-state index in [1.54, 1.807) is 0 Å². The van der Waals surface area contributed by atoms with Gasteiger partial charge in [-0.25, -0.2) is 0 Å². The van der Waals surface area contributed by atoms with Crippen LogP contribution in [-0.4, -0.2) is 97.3 Å². The minimum atomic E-state index is -2.99. The van der Waals surface area contributed by atoms with Crippen molar-refractivity contribution < 1.29 is 301 Å². The predicted octanol–water partition coefficient (Wildman–Crippen LogP) is -15.6. The number of hydrogen-bond donors (Lipinski definition) is 5. The van der Waals surface area contributed by atoms with Gasteiger partial charge in [-0.3, -0.25) is 24.0 Å². The first kappa shape index (κ1) is 36.8. The second kappa shape index (κ2) is 63.1. The van der Waals surface area contributed by atoms with Crippen LogP contribution < -0.4 is 216 Å². The topological polar surface area (TPSA) is 270 Å². The van der Waals surface area contributed by atoms with Crippen LogP contribution in [0.5, 0.6) is 0 Å². The normalized spacial score (nSPS) is 15.2. The van der Waals surface area contributed by atoms with Crippen molar-refractivity contribution in [1.29, 1.82) is 1.43 Å². The summed E-state index contributed by atoms with van der Waals surface area (Å²) in [6.07, 6.45) is -8.84. The second-order valence-corrected chi connectivity index (χ2v) is 4.35. The number of aliphatic hydroxyl groups is 4. The molecule has 3 atom stereocenters. The number of aliphatic carboxylic acids is 1. The summed E-state index contributed by atoms with van der Waals surface area (Å²) < 4.78 is 79.0. The molecular formula is C17H36K4O16. The summed E-state index contributed by atoms with van der Waals surface area (Å²) >= 11 is 0. The van der Waals surface area contributed by atoms with Crippen LogP contribution in [0.25, 0.3) is 0 Å². The van der Waals surface area contributed by atoms with Crippen molar-refractivity contribution in [2.75, 3.05) is 21.2 Å². The van der Waals surface area contributed by atoms with E-state index in [2.05, 4.69) is 24.4 Å². The third-order valence-corrected chi connectivity index (χ3v) is 1.52. The Kier molecular flexibility index (Phi) is 62.8. The quantitative estimate of drug-likeness (QED) is 0.0530. The van der Waals surface area contributed by atoms with E-state index >= 15 is 0 Å². The molecule has 0 aliphatic heterocycles. The van der Waals surface area contributed by atoms with Gasteiger partial charge in [-0.1, -0.05) is 0 Å². The molecule has 0 radical (unpaired) electrons. The van der Waals surface area contributed by atoms with Crippen molar-refractivity contribution in [2.45, 2.75) is 58.2 Å². The van der Waals surface area contributed by atoms with Crippen LogP contribution in [0.4, 0.5) is 0 Å². The van der Waals surface area contributed by atoms with Gasteiger partial charge in [0.25, 0.3) is 12.9 Å². The Labute approximate surface area is 404 Å². The monoisotopic (exact) mass is 663 g/mol. The van der Waals surface area contributed by atoms with Crippen molar-refractivity contribution in [2.24, 2.45) is 0 Å². The Morgan fingerprint density at radius 2 is 1.24 bits per heavy atom. The van der Waals surface area contributed by atoms with Crippen LogP contribution in [0.1, 0.15) is 56.5 Å². The number of aliphatic hydroxyl groups excluding tert-OH is 3. The van der Waals surface area contributed by atoms with Gasteiger partial charge in [0, 0.05) is 12.5 Å². The van der Waals surface area contributed by atoms with Crippen molar-refractivity contribution in [3.05, 3.63) is 0 Å². The molecule has 0 unspecified atom stereocenters. The zero-order valence-electron chi connectivity index (χ0n) is 34.8. The van der Waals surface area contributed by atoms with Crippen molar-refractivity contribution in [3.63, 3.8) is 0 Å². The molecule has 0 aliphatic rings. The van der Waals surface area contributed by atoms with Crippen LogP contribution in [0.2, 0.25) is 0 Å². The van der Waals surface area contributed by atoms with E-state index in [1.165, 1.54) is 14.0 Å². The minimum absolute atomic E-state index is 0. The maximum absolute atomic E-state index is 10.8. The van der Waals surface area contributed by atoms with Crippen LogP contribution in [0.3, 0.4) is 0 Å². The molecule has 0 aromatic carbocycles. The number of ether oxygens (including phenoxy) is 2. The molecule has 0 rings (SSSR count). The zero-order valence-corrected chi connectivity index (χ0v) is 34.3. The van der Waals surface area contributed by atoms with Gasteiger partial charge in [-0.2, -0.15) is 0 Å². The number of carboxylic acids is 1. The molecule has 16 nitrogen and oxygen atoms in total. The Balaban J connectivity index is -0.0000000353. The SMILES string of the molecule is COC(=O)C[C@@H](C)O.O=CO[O-].O=CO[O-].[2H]C([2H])(C(=O)O)[C@@H](C)O.[2H]C([2H])([2H])OC(=O)C([2H])([2H])[C@@H](C)O.[2H]OC([2H])([2H])[2H].[H-].[H-].[K+].[K+].[K+].[K+]. The number of carbonyl (C=O) groups is 5. The van der Waals surface area contributed by atoms with Gasteiger partial charge in [0.2, 0.25) is 1.43 Å². The smallest absolute Gasteiger partial charge is 1.00 e. The van der Waals surface area contributed by atoms with Crippen LogP contribution in [0.15, 0.2) is 0 Å². The predicted molar refractivity (Wildman–Crippen MR) is 105 cm³/mol. The van der Waals surface area contributed by atoms with E-state index in [-0.39, 0.29) is 234 Å². The van der Waals surface area contributed by atoms with Crippen LogP contribution in [0, 0.1) is 0 Å². The Morgan fingerprint density at radius 1 is 0.892 bits per heavy atom. The molecular weight excluding hydrogens is 617 g/mol. The number of rotatable bonds is 8. The maximum atomic E-state index is 10.8. The molecule has 0 heterocycles. The fourth-order valence-electron chi connectivity index (χ4n) is 0.703. The van der Waals surface area contributed by atoms with E-state index in [4.69, 9.17) is 55.7 Å². The third kappa shape index (κ3) is 120. The Hall–Kier alpha value is 3.66. The molecule has 0 aromatic rings. The van der Waals surface area contributed by atoms with Crippen LogP contribution >= 0.6 is 0 Å². The first-order valence-corrected chi connectivity index (χ1v) is 7.68. The summed E-state index contributed by atoms with van der Waals surface area (Å²) in [6, 6.07) is 0. The molecule has 0 bridgehead atoms. The molecule has 20 heteroatoms. The van der Waals surface area contributed by atoms with E-state index in [1.807, 2.05) is 0 Å².